The number of rotatable bonds is 6. The van der Waals surface area contributed by atoms with Crippen LogP contribution in [0.3, 0.4) is 0 Å². The summed E-state index contributed by atoms with van der Waals surface area (Å²) in [5, 5.41) is 5.85. The maximum atomic E-state index is 12.3. The van der Waals surface area contributed by atoms with Crippen LogP contribution in [0.25, 0.3) is 0 Å². The Morgan fingerprint density at radius 2 is 1.86 bits per heavy atom. The number of amides is 2. The number of fused-ring (bicyclic) bond motifs is 2. The number of carbonyl (C=O) groups is 2. The molecule has 126 valence electrons. The fraction of sp³-hybridized carbons (Fsp3) is 0.882. The Bertz CT molecular complexity index is 385. The summed E-state index contributed by atoms with van der Waals surface area (Å²) in [5.41, 5.74) is 6.26. The predicted octanol–water partition coefficient (Wildman–Crippen LogP) is 1.56. The second kappa shape index (κ2) is 7.95. The molecule has 2 saturated carbocycles. The summed E-state index contributed by atoms with van der Waals surface area (Å²) in [7, 11) is 0. The van der Waals surface area contributed by atoms with E-state index in [1.165, 1.54) is 19.3 Å². The molecule has 0 aromatic rings. The smallest absolute Gasteiger partial charge is 0.223 e. The fourth-order valence-electron chi connectivity index (χ4n) is 3.90. The molecular weight excluding hydrogens is 278 g/mol. The summed E-state index contributed by atoms with van der Waals surface area (Å²) >= 11 is 0. The molecular formula is C17H31N3O2. The summed E-state index contributed by atoms with van der Waals surface area (Å²) in [6.07, 6.45) is 6.70. The van der Waals surface area contributed by atoms with Gasteiger partial charge in [-0.05, 0) is 50.9 Å². The van der Waals surface area contributed by atoms with Gasteiger partial charge in [-0.3, -0.25) is 9.59 Å². The van der Waals surface area contributed by atoms with Gasteiger partial charge in [-0.25, -0.2) is 0 Å². The minimum atomic E-state index is 0.0113. The number of nitrogens with two attached hydrogens (primary N) is 1. The highest BCUT2D eigenvalue weighted by Crippen LogP contribution is 2.41. The van der Waals surface area contributed by atoms with Crippen LogP contribution in [0.4, 0.5) is 0 Å². The zero-order chi connectivity index (χ0) is 16.1. The molecule has 0 radical (unpaired) electrons. The summed E-state index contributed by atoms with van der Waals surface area (Å²) in [5.74, 6) is 1.24. The molecule has 0 spiro atoms. The second-order valence-electron chi connectivity index (χ2n) is 7.11. The van der Waals surface area contributed by atoms with Crippen molar-refractivity contribution in [2.45, 2.75) is 70.9 Å². The normalized spacial score (nSPS) is 32.1. The van der Waals surface area contributed by atoms with Crippen molar-refractivity contribution in [1.29, 1.82) is 0 Å². The van der Waals surface area contributed by atoms with Gasteiger partial charge in [-0.15, -0.1) is 0 Å². The predicted molar refractivity (Wildman–Crippen MR) is 87.1 cm³/mol. The van der Waals surface area contributed by atoms with Crippen molar-refractivity contribution >= 4 is 11.8 Å². The van der Waals surface area contributed by atoms with E-state index in [2.05, 4.69) is 10.6 Å². The van der Waals surface area contributed by atoms with E-state index in [0.717, 1.165) is 19.3 Å². The van der Waals surface area contributed by atoms with Crippen LogP contribution in [-0.2, 0) is 9.59 Å². The molecule has 22 heavy (non-hydrogen) atoms. The third kappa shape index (κ3) is 4.45. The molecule has 2 aliphatic carbocycles. The van der Waals surface area contributed by atoms with E-state index in [1.807, 2.05) is 13.8 Å². The molecule has 2 amide bonds. The van der Waals surface area contributed by atoms with Gasteiger partial charge in [0.15, 0.2) is 0 Å². The van der Waals surface area contributed by atoms with Crippen molar-refractivity contribution in [3.8, 4) is 0 Å². The highest BCUT2D eigenvalue weighted by Gasteiger charge is 2.40. The molecule has 2 rings (SSSR count). The number of carbonyl (C=O) groups excluding carboxylic acids is 2. The number of nitrogens with one attached hydrogen (secondary N) is 2. The molecule has 4 N–H and O–H groups in total. The van der Waals surface area contributed by atoms with Crippen LogP contribution < -0.4 is 16.4 Å². The van der Waals surface area contributed by atoms with Gasteiger partial charge in [0.25, 0.3) is 0 Å². The maximum absolute atomic E-state index is 12.3. The van der Waals surface area contributed by atoms with Crippen LogP contribution in [0.1, 0.15) is 58.8 Å². The Kier molecular flexibility index (Phi) is 6.24. The van der Waals surface area contributed by atoms with Crippen molar-refractivity contribution in [1.82, 2.24) is 10.6 Å². The lowest BCUT2D eigenvalue weighted by molar-refractivity contribution is -0.128. The molecule has 3 unspecified atom stereocenters. The summed E-state index contributed by atoms with van der Waals surface area (Å²) in [6.45, 7) is 4.46. The number of hydrogen-bond acceptors (Lipinski definition) is 3. The van der Waals surface area contributed by atoms with Gasteiger partial charge in [0.2, 0.25) is 11.8 Å². The van der Waals surface area contributed by atoms with Gasteiger partial charge in [0, 0.05) is 31.0 Å². The molecule has 2 aliphatic rings. The molecule has 5 heteroatoms. The lowest BCUT2D eigenvalue weighted by atomic mass is 9.65. The Balaban J connectivity index is 1.70. The molecule has 0 saturated heterocycles. The van der Waals surface area contributed by atoms with Gasteiger partial charge in [0.05, 0.1) is 0 Å². The molecule has 0 aromatic carbocycles. The van der Waals surface area contributed by atoms with E-state index < -0.39 is 0 Å². The quantitative estimate of drug-likeness (QED) is 0.696. The van der Waals surface area contributed by atoms with E-state index in [9.17, 15) is 9.59 Å². The first-order chi connectivity index (χ1) is 10.5. The van der Waals surface area contributed by atoms with Crippen LogP contribution >= 0.6 is 0 Å². The molecule has 2 fully saturated rings. The van der Waals surface area contributed by atoms with Crippen molar-refractivity contribution < 1.29 is 9.59 Å². The summed E-state index contributed by atoms with van der Waals surface area (Å²) in [6, 6.07) is 0.488. The Hall–Kier alpha value is -1.10. The molecule has 5 nitrogen and oxygen atoms in total. The van der Waals surface area contributed by atoms with Gasteiger partial charge in [-0.2, -0.15) is 0 Å². The van der Waals surface area contributed by atoms with Crippen molar-refractivity contribution in [3.63, 3.8) is 0 Å². The van der Waals surface area contributed by atoms with Gasteiger partial charge in [0.1, 0.15) is 0 Å². The molecule has 0 aliphatic heterocycles. The molecule has 3 atom stereocenters. The first-order valence-corrected chi connectivity index (χ1v) is 8.83. The van der Waals surface area contributed by atoms with Crippen molar-refractivity contribution in [3.05, 3.63) is 0 Å². The van der Waals surface area contributed by atoms with E-state index in [1.54, 1.807) is 0 Å². The third-order valence-electron chi connectivity index (χ3n) is 5.45. The molecule has 2 bridgehead atoms. The minimum absolute atomic E-state index is 0.0113. The second-order valence-corrected chi connectivity index (χ2v) is 7.11. The van der Waals surface area contributed by atoms with Gasteiger partial charge < -0.3 is 16.4 Å². The highest BCUT2D eigenvalue weighted by molar-refractivity contribution is 5.80. The fourth-order valence-corrected chi connectivity index (χ4v) is 3.90. The van der Waals surface area contributed by atoms with Crippen LogP contribution in [-0.4, -0.2) is 30.4 Å². The average molecular weight is 309 g/mol. The van der Waals surface area contributed by atoms with Crippen molar-refractivity contribution in [2.75, 3.05) is 6.54 Å². The van der Waals surface area contributed by atoms with E-state index in [-0.39, 0.29) is 23.8 Å². The average Bonchev–Trinajstić information content (AvgIpc) is 2.46. The van der Waals surface area contributed by atoms with Crippen molar-refractivity contribution in [2.24, 2.45) is 23.5 Å². The number of hydrogen-bond donors (Lipinski definition) is 3. The molecule has 0 heterocycles. The summed E-state index contributed by atoms with van der Waals surface area (Å²) < 4.78 is 0. The lowest BCUT2D eigenvalue weighted by Crippen LogP contribution is -2.49. The standard InChI is InChI=1S/C17H31N3O2/c1-3-11(2)20-15(21)7-8-19-17(22)14-9-12-5-4-6-13(10-14)16(12)18/h11-14,16H,3-10,18H2,1-2H3,(H,19,22)(H,20,21). The highest BCUT2D eigenvalue weighted by atomic mass is 16.2. The topological polar surface area (TPSA) is 84.2 Å². The Morgan fingerprint density at radius 3 is 2.45 bits per heavy atom. The lowest BCUT2D eigenvalue weighted by Gasteiger charge is -2.43. The van der Waals surface area contributed by atoms with Crippen LogP contribution in [0.2, 0.25) is 0 Å². The SMILES string of the molecule is CCC(C)NC(=O)CCNC(=O)C1CC2CCCC(C1)C2N. The Labute approximate surface area is 133 Å². The van der Waals surface area contributed by atoms with Crippen LogP contribution in [0, 0.1) is 17.8 Å². The maximum Gasteiger partial charge on any atom is 0.223 e. The third-order valence-corrected chi connectivity index (χ3v) is 5.45. The van der Waals surface area contributed by atoms with E-state index >= 15 is 0 Å². The zero-order valence-corrected chi connectivity index (χ0v) is 13.9. The largest absolute Gasteiger partial charge is 0.355 e. The zero-order valence-electron chi connectivity index (χ0n) is 13.9. The summed E-state index contributed by atoms with van der Waals surface area (Å²) in [4.78, 5) is 24.0. The van der Waals surface area contributed by atoms with Crippen LogP contribution in [0.15, 0.2) is 0 Å². The molecule has 0 aromatic heterocycles. The van der Waals surface area contributed by atoms with Gasteiger partial charge in [-0.1, -0.05) is 13.3 Å². The van der Waals surface area contributed by atoms with Gasteiger partial charge >= 0.3 is 0 Å². The first-order valence-electron chi connectivity index (χ1n) is 8.83. The van der Waals surface area contributed by atoms with E-state index in [4.69, 9.17) is 5.73 Å². The van der Waals surface area contributed by atoms with E-state index in [0.29, 0.717) is 30.8 Å². The van der Waals surface area contributed by atoms with Crippen LogP contribution in [0.5, 0.6) is 0 Å². The Morgan fingerprint density at radius 1 is 1.23 bits per heavy atom. The monoisotopic (exact) mass is 309 g/mol. The minimum Gasteiger partial charge on any atom is -0.355 e. The first kappa shape index (κ1) is 17.3.